The zero-order chi connectivity index (χ0) is 18.9. The van der Waals surface area contributed by atoms with Crippen LogP contribution in [0, 0.1) is 6.92 Å². The molecule has 0 radical (unpaired) electrons. The first-order chi connectivity index (χ1) is 13.8. The summed E-state index contributed by atoms with van der Waals surface area (Å²) < 4.78 is 0. The first-order valence-corrected chi connectivity index (χ1v) is 9.91. The Bertz CT molecular complexity index is 1100. The van der Waals surface area contributed by atoms with Gasteiger partial charge in [-0.05, 0) is 59.9 Å². The van der Waals surface area contributed by atoms with E-state index in [0.29, 0.717) is 0 Å². The molecule has 0 fully saturated rings. The van der Waals surface area contributed by atoms with Gasteiger partial charge in [0.25, 0.3) is 0 Å². The number of anilines is 2. The van der Waals surface area contributed by atoms with Crippen molar-refractivity contribution in [3.8, 4) is 11.1 Å². The summed E-state index contributed by atoms with van der Waals surface area (Å²) in [4.78, 5) is 2.40. The van der Waals surface area contributed by atoms with E-state index in [1.54, 1.807) is 0 Å². The molecule has 2 aliphatic rings. The summed E-state index contributed by atoms with van der Waals surface area (Å²) in [6, 6.07) is 26.4. The van der Waals surface area contributed by atoms with Gasteiger partial charge in [0.15, 0.2) is 0 Å². The summed E-state index contributed by atoms with van der Waals surface area (Å²) in [7, 11) is 0. The highest BCUT2D eigenvalue weighted by Gasteiger charge is 2.26. The smallest absolute Gasteiger partial charge is 0.0497 e. The molecule has 0 bridgehead atoms. The molecule has 1 nitrogen and oxygen atoms in total. The minimum Gasteiger partial charge on any atom is -0.310 e. The second-order valence-corrected chi connectivity index (χ2v) is 7.50. The molecule has 5 rings (SSSR count). The topological polar surface area (TPSA) is 3.24 Å². The van der Waals surface area contributed by atoms with Crippen LogP contribution in [0.4, 0.5) is 11.4 Å². The van der Waals surface area contributed by atoms with Gasteiger partial charge in [-0.2, -0.15) is 0 Å². The Morgan fingerprint density at radius 2 is 1.50 bits per heavy atom. The molecule has 0 aromatic heterocycles. The van der Waals surface area contributed by atoms with Gasteiger partial charge < -0.3 is 4.90 Å². The molecule has 0 saturated heterocycles. The minimum absolute atomic E-state index is 0.998. The Hall–Kier alpha value is -3.32. The molecule has 1 aliphatic carbocycles. The van der Waals surface area contributed by atoms with Crippen LogP contribution in [0.3, 0.4) is 0 Å². The predicted molar refractivity (Wildman–Crippen MR) is 119 cm³/mol. The molecular formula is C27H23N. The summed E-state index contributed by atoms with van der Waals surface area (Å²) in [6.07, 6.45) is 11.0. The van der Waals surface area contributed by atoms with Gasteiger partial charge >= 0.3 is 0 Å². The Kier molecular flexibility index (Phi) is 4.21. The van der Waals surface area contributed by atoms with E-state index in [0.717, 1.165) is 12.8 Å². The van der Waals surface area contributed by atoms with Gasteiger partial charge in [-0.15, -0.1) is 0 Å². The quantitative estimate of drug-likeness (QED) is 0.469. The highest BCUT2D eigenvalue weighted by atomic mass is 15.2. The number of hydrogen-bond donors (Lipinski definition) is 0. The Balaban J connectivity index is 1.59. The average Bonchev–Trinajstić information content (AvgIpc) is 2.98. The van der Waals surface area contributed by atoms with Crippen LogP contribution >= 0.6 is 0 Å². The van der Waals surface area contributed by atoms with Crippen molar-refractivity contribution in [1.82, 2.24) is 0 Å². The number of hydrogen-bond acceptors (Lipinski definition) is 1. The normalized spacial score (nSPS) is 15.2. The number of fused-ring (bicyclic) bond motifs is 2. The molecule has 0 atom stereocenters. The zero-order valence-corrected chi connectivity index (χ0v) is 16.1. The van der Waals surface area contributed by atoms with Gasteiger partial charge in [0.1, 0.15) is 0 Å². The maximum atomic E-state index is 2.40. The summed E-state index contributed by atoms with van der Waals surface area (Å²) in [5.74, 6) is 0. The monoisotopic (exact) mass is 361 g/mol. The first kappa shape index (κ1) is 16.8. The summed E-state index contributed by atoms with van der Waals surface area (Å²) in [6.45, 7) is 2.13. The van der Waals surface area contributed by atoms with Gasteiger partial charge in [-0.3, -0.25) is 0 Å². The number of para-hydroxylation sites is 1. The molecule has 3 aromatic carbocycles. The first-order valence-electron chi connectivity index (χ1n) is 9.91. The molecule has 0 unspecified atom stereocenters. The highest BCUT2D eigenvalue weighted by Crippen LogP contribution is 2.42. The molecule has 0 N–H and O–H groups in total. The van der Waals surface area contributed by atoms with Gasteiger partial charge in [0.2, 0.25) is 0 Å². The number of aryl methyl sites for hydroxylation is 1. The second kappa shape index (κ2) is 7.01. The average molecular weight is 361 g/mol. The van der Waals surface area contributed by atoms with Gasteiger partial charge in [-0.25, -0.2) is 0 Å². The largest absolute Gasteiger partial charge is 0.310 e. The fourth-order valence-corrected chi connectivity index (χ4v) is 4.08. The van der Waals surface area contributed by atoms with Crippen LogP contribution < -0.4 is 4.90 Å². The summed E-state index contributed by atoms with van der Waals surface area (Å²) in [5.41, 5.74) is 10.4. The Morgan fingerprint density at radius 3 is 2.29 bits per heavy atom. The Morgan fingerprint density at radius 1 is 0.786 bits per heavy atom. The maximum Gasteiger partial charge on any atom is 0.0497 e. The van der Waals surface area contributed by atoms with Crippen molar-refractivity contribution in [2.24, 2.45) is 0 Å². The third kappa shape index (κ3) is 2.99. The van der Waals surface area contributed by atoms with E-state index >= 15 is 0 Å². The van der Waals surface area contributed by atoms with Gasteiger partial charge in [0, 0.05) is 23.5 Å². The number of rotatable bonds is 2. The van der Waals surface area contributed by atoms with Crippen LogP contribution in [0.2, 0.25) is 0 Å². The lowest BCUT2D eigenvalue weighted by Gasteiger charge is -2.35. The maximum absolute atomic E-state index is 2.40. The van der Waals surface area contributed by atoms with Crippen LogP contribution in [-0.4, -0.2) is 0 Å². The second-order valence-electron chi connectivity index (χ2n) is 7.50. The fourth-order valence-electron chi connectivity index (χ4n) is 4.08. The van der Waals surface area contributed by atoms with Crippen molar-refractivity contribution in [3.05, 3.63) is 119 Å². The van der Waals surface area contributed by atoms with Gasteiger partial charge in [0.05, 0.1) is 0 Å². The Labute approximate surface area is 167 Å². The van der Waals surface area contributed by atoms with E-state index in [-0.39, 0.29) is 0 Å². The zero-order valence-electron chi connectivity index (χ0n) is 16.1. The van der Waals surface area contributed by atoms with Gasteiger partial charge in [-0.1, -0.05) is 78.4 Å². The lowest BCUT2D eigenvalue weighted by Crippen LogP contribution is -2.24. The lowest BCUT2D eigenvalue weighted by molar-refractivity contribution is 1.01. The molecule has 28 heavy (non-hydrogen) atoms. The fraction of sp³-hybridized carbons (Fsp3) is 0.111. The van der Waals surface area contributed by atoms with E-state index in [1.165, 1.54) is 44.9 Å². The van der Waals surface area contributed by atoms with Crippen LogP contribution in [0.5, 0.6) is 0 Å². The van der Waals surface area contributed by atoms with Crippen LogP contribution in [0.15, 0.2) is 108 Å². The molecule has 1 heterocycles. The summed E-state index contributed by atoms with van der Waals surface area (Å²) >= 11 is 0. The van der Waals surface area contributed by atoms with Crippen molar-refractivity contribution in [2.45, 2.75) is 19.8 Å². The molecular weight excluding hydrogens is 338 g/mol. The van der Waals surface area contributed by atoms with Crippen molar-refractivity contribution in [3.63, 3.8) is 0 Å². The standard InChI is InChI=1S/C27H23N/c1-20-11-13-21(14-12-20)22-15-17-25(18-16-22)28-26-9-4-2-3-7-23(26)19-24-8-5-6-10-27(24)28/h2,4-18H,3,19H2,1H3. The van der Waals surface area contributed by atoms with E-state index in [4.69, 9.17) is 0 Å². The molecule has 3 aromatic rings. The lowest BCUT2D eigenvalue weighted by atomic mass is 9.93. The number of nitrogens with zero attached hydrogens (tertiary/aromatic N) is 1. The van der Waals surface area contributed by atoms with Crippen LogP contribution in [0.25, 0.3) is 11.1 Å². The third-order valence-electron chi connectivity index (χ3n) is 5.58. The predicted octanol–water partition coefficient (Wildman–Crippen LogP) is 7.13. The number of benzene rings is 3. The van der Waals surface area contributed by atoms with Crippen molar-refractivity contribution in [2.75, 3.05) is 4.90 Å². The minimum atomic E-state index is 0.998. The number of allylic oxidation sites excluding steroid dienone is 5. The molecule has 0 spiro atoms. The SMILES string of the molecule is Cc1ccc(-c2ccc(N3C4=CC=CCC=C4Cc4ccccc43)cc2)cc1. The molecule has 1 heteroatoms. The van der Waals surface area contributed by atoms with E-state index in [9.17, 15) is 0 Å². The van der Waals surface area contributed by atoms with Crippen molar-refractivity contribution in [1.29, 1.82) is 0 Å². The molecule has 1 aliphatic heterocycles. The van der Waals surface area contributed by atoms with E-state index in [2.05, 4.69) is 109 Å². The van der Waals surface area contributed by atoms with Crippen molar-refractivity contribution < 1.29 is 0 Å². The molecule has 0 amide bonds. The molecule has 0 saturated carbocycles. The highest BCUT2D eigenvalue weighted by molar-refractivity contribution is 5.79. The van der Waals surface area contributed by atoms with E-state index in [1.807, 2.05) is 0 Å². The molecule has 136 valence electrons. The summed E-state index contributed by atoms with van der Waals surface area (Å²) in [5, 5.41) is 0. The van der Waals surface area contributed by atoms with Crippen molar-refractivity contribution >= 4 is 11.4 Å². The third-order valence-corrected chi connectivity index (χ3v) is 5.58. The van der Waals surface area contributed by atoms with E-state index < -0.39 is 0 Å². The van der Waals surface area contributed by atoms with Crippen LogP contribution in [0.1, 0.15) is 17.5 Å². The van der Waals surface area contributed by atoms with Crippen LogP contribution in [-0.2, 0) is 6.42 Å².